The number of thiophene rings is 1. The van der Waals surface area contributed by atoms with Gasteiger partial charge in [-0.2, -0.15) is 0 Å². The number of hydrazine groups is 1. The number of carbonyl (C=O) groups excluding carboxylic acids is 1. The summed E-state index contributed by atoms with van der Waals surface area (Å²) in [6.07, 6.45) is 4.85. The van der Waals surface area contributed by atoms with E-state index in [1.165, 1.54) is 16.0 Å². The van der Waals surface area contributed by atoms with Crippen LogP contribution in [0.25, 0.3) is 10.4 Å². The Morgan fingerprint density at radius 2 is 2.06 bits per heavy atom. The molecule has 170 valence electrons. The van der Waals surface area contributed by atoms with Crippen LogP contribution in [0.4, 0.5) is 5.69 Å². The zero-order chi connectivity index (χ0) is 22.2. The van der Waals surface area contributed by atoms with Crippen molar-refractivity contribution in [2.45, 2.75) is 57.5 Å². The average Bonchev–Trinajstić information content (AvgIpc) is 3.48. The first-order valence-electron chi connectivity index (χ1n) is 11.7. The lowest BCUT2D eigenvalue weighted by molar-refractivity contribution is -0.152. The maximum atomic E-state index is 13.5. The van der Waals surface area contributed by atoms with E-state index in [1.54, 1.807) is 11.3 Å². The molecule has 0 bridgehead atoms. The van der Waals surface area contributed by atoms with E-state index in [2.05, 4.69) is 53.5 Å². The fourth-order valence-electron chi connectivity index (χ4n) is 6.12. The number of nitrogens with zero attached hydrogens (tertiary/aromatic N) is 1. The Hall–Kier alpha value is -2.38. The van der Waals surface area contributed by atoms with Crippen molar-refractivity contribution in [2.24, 2.45) is 17.8 Å². The van der Waals surface area contributed by atoms with Crippen molar-refractivity contribution in [3.05, 3.63) is 41.3 Å². The lowest BCUT2D eigenvalue weighted by atomic mass is 9.71. The third kappa shape index (κ3) is 3.82. The largest absolute Gasteiger partial charge is 0.481 e. The topological polar surface area (TPSA) is 81.7 Å². The van der Waals surface area contributed by atoms with Gasteiger partial charge in [-0.15, -0.1) is 11.3 Å². The van der Waals surface area contributed by atoms with Gasteiger partial charge in [0.15, 0.2) is 0 Å². The highest BCUT2D eigenvalue weighted by atomic mass is 32.1. The van der Waals surface area contributed by atoms with Crippen LogP contribution in [0.5, 0.6) is 0 Å². The zero-order valence-corrected chi connectivity index (χ0v) is 19.2. The van der Waals surface area contributed by atoms with Crippen molar-refractivity contribution in [2.75, 3.05) is 12.0 Å². The number of aliphatic carboxylic acids is 1. The predicted octanol–water partition coefficient (Wildman–Crippen LogP) is 4.90. The van der Waals surface area contributed by atoms with Gasteiger partial charge in [-0.25, -0.2) is 5.43 Å². The number of piperidine rings is 1. The van der Waals surface area contributed by atoms with Crippen molar-refractivity contribution in [1.82, 2.24) is 10.3 Å². The quantitative estimate of drug-likeness (QED) is 0.600. The molecular formula is C25H31N3O3S. The fourth-order valence-corrected chi connectivity index (χ4v) is 6.89. The first kappa shape index (κ1) is 21.5. The van der Waals surface area contributed by atoms with Crippen LogP contribution in [0.2, 0.25) is 0 Å². The summed E-state index contributed by atoms with van der Waals surface area (Å²) in [6, 6.07) is 10.6. The zero-order valence-electron chi connectivity index (χ0n) is 18.4. The van der Waals surface area contributed by atoms with E-state index >= 15 is 0 Å². The van der Waals surface area contributed by atoms with E-state index < -0.39 is 5.97 Å². The highest BCUT2D eigenvalue weighted by molar-refractivity contribution is 7.13. The maximum Gasteiger partial charge on any atom is 0.306 e. The number of nitrogens with one attached hydrogen (secondary N) is 2. The molecule has 1 aromatic carbocycles. The third-order valence-corrected chi connectivity index (χ3v) is 8.54. The molecule has 5 atom stereocenters. The summed E-state index contributed by atoms with van der Waals surface area (Å²) in [5.41, 5.74) is 10.3. The lowest BCUT2D eigenvalue weighted by Crippen LogP contribution is -2.53. The van der Waals surface area contributed by atoms with Gasteiger partial charge in [-0.1, -0.05) is 31.5 Å². The average molecular weight is 454 g/mol. The Balaban J connectivity index is 1.33. The maximum absolute atomic E-state index is 13.5. The molecule has 1 saturated heterocycles. The van der Waals surface area contributed by atoms with E-state index in [9.17, 15) is 14.7 Å². The SMILES string of the molecule is CC(CC(=O)N1CCCC2C(C(=O)O)CCCC21)C1NNc2cccc(-c3cccs3)c21. The van der Waals surface area contributed by atoms with Crippen LogP contribution in [0.1, 0.15) is 57.1 Å². The number of hydrogen-bond acceptors (Lipinski definition) is 5. The third-order valence-electron chi connectivity index (χ3n) is 7.63. The summed E-state index contributed by atoms with van der Waals surface area (Å²) in [5.74, 6) is -0.616. The molecule has 3 heterocycles. The molecule has 7 heteroatoms. The number of carbonyl (C=O) groups is 2. The molecule has 1 aromatic heterocycles. The Kier molecular flexibility index (Phi) is 5.95. The fraction of sp³-hybridized carbons (Fsp3) is 0.520. The highest BCUT2D eigenvalue weighted by Crippen LogP contribution is 2.44. The van der Waals surface area contributed by atoms with Gasteiger partial charge in [0.25, 0.3) is 0 Å². The van der Waals surface area contributed by atoms with Gasteiger partial charge in [-0.3, -0.25) is 9.59 Å². The molecule has 0 spiro atoms. The summed E-state index contributed by atoms with van der Waals surface area (Å²) < 4.78 is 0. The van der Waals surface area contributed by atoms with Gasteiger partial charge in [0.05, 0.1) is 17.6 Å². The van der Waals surface area contributed by atoms with Crippen molar-refractivity contribution in [1.29, 1.82) is 0 Å². The van der Waals surface area contributed by atoms with E-state index in [1.807, 2.05) is 4.90 Å². The standard InChI is InChI=1S/C25H31N3O3S/c1-15(24-23-18(21-11-5-13-32-21)7-2-9-19(23)26-27-24)14-22(29)28-12-4-8-16-17(25(30)31)6-3-10-20(16)28/h2,5,7,9,11,13,15-17,20,24,26-27H,3-4,6,8,10,12,14H2,1H3,(H,30,31). The van der Waals surface area contributed by atoms with Gasteiger partial charge in [0, 0.05) is 29.4 Å². The molecule has 2 fully saturated rings. The number of likely N-dealkylation sites (tertiary alicyclic amines) is 1. The van der Waals surface area contributed by atoms with Crippen LogP contribution in [-0.4, -0.2) is 34.5 Å². The van der Waals surface area contributed by atoms with E-state index in [4.69, 9.17) is 0 Å². The molecule has 5 rings (SSSR count). The number of amides is 1. The summed E-state index contributed by atoms with van der Waals surface area (Å²) in [4.78, 5) is 28.5. The Morgan fingerprint density at radius 1 is 1.19 bits per heavy atom. The number of hydrogen-bond donors (Lipinski definition) is 3. The normalized spacial score (nSPS) is 27.8. The predicted molar refractivity (Wildman–Crippen MR) is 126 cm³/mol. The highest BCUT2D eigenvalue weighted by Gasteiger charge is 2.44. The second-order valence-corrected chi connectivity index (χ2v) is 10.5. The molecule has 1 aliphatic carbocycles. The summed E-state index contributed by atoms with van der Waals surface area (Å²) >= 11 is 1.73. The molecule has 0 radical (unpaired) electrons. The molecule has 5 unspecified atom stereocenters. The smallest absolute Gasteiger partial charge is 0.306 e. The number of fused-ring (bicyclic) bond motifs is 2. The number of carboxylic acids is 1. The second-order valence-electron chi connectivity index (χ2n) is 9.51. The van der Waals surface area contributed by atoms with Gasteiger partial charge >= 0.3 is 5.97 Å². The molecule has 6 nitrogen and oxygen atoms in total. The Labute approximate surface area is 193 Å². The molecule has 32 heavy (non-hydrogen) atoms. The van der Waals surface area contributed by atoms with E-state index in [0.29, 0.717) is 6.42 Å². The van der Waals surface area contributed by atoms with Crippen LogP contribution in [0.3, 0.4) is 0 Å². The van der Waals surface area contributed by atoms with Crippen LogP contribution in [0.15, 0.2) is 35.7 Å². The van der Waals surface area contributed by atoms with E-state index in [-0.39, 0.29) is 35.7 Å². The monoisotopic (exact) mass is 453 g/mol. The van der Waals surface area contributed by atoms with Crippen LogP contribution in [0, 0.1) is 17.8 Å². The lowest BCUT2D eigenvalue weighted by Gasteiger charge is -2.46. The van der Waals surface area contributed by atoms with Gasteiger partial charge < -0.3 is 15.4 Å². The molecule has 2 aromatic rings. The summed E-state index contributed by atoms with van der Waals surface area (Å²) in [5, 5.41) is 11.8. The van der Waals surface area contributed by atoms with Gasteiger partial charge in [0.2, 0.25) is 5.91 Å². The molecule has 3 aliphatic rings. The molecule has 3 N–H and O–H groups in total. The molecule has 1 saturated carbocycles. The number of carboxylic acid groups (broad SMARTS) is 1. The Bertz CT molecular complexity index is 992. The van der Waals surface area contributed by atoms with Crippen LogP contribution < -0.4 is 10.9 Å². The summed E-state index contributed by atoms with van der Waals surface area (Å²) in [6.45, 7) is 2.90. The first-order chi connectivity index (χ1) is 15.5. The van der Waals surface area contributed by atoms with Crippen LogP contribution >= 0.6 is 11.3 Å². The number of rotatable bonds is 5. The summed E-state index contributed by atoms with van der Waals surface area (Å²) in [7, 11) is 0. The van der Waals surface area contributed by atoms with Crippen molar-refractivity contribution in [3.8, 4) is 10.4 Å². The second kappa shape index (κ2) is 8.87. The number of benzene rings is 1. The van der Waals surface area contributed by atoms with Crippen LogP contribution in [-0.2, 0) is 9.59 Å². The van der Waals surface area contributed by atoms with Crippen molar-refractivity contribution >= 4 is 28.9 Å². The number of anilines is 1. The molecular weight excluding hydrogens is 422 g/mol. The van der Waals surface area contributed by atoms with Crippen molar-refractivity contribution in [3.63, 3.8) is 0 Å². The van der Waals surface area contributed by atoms with E-state index in [0.717, 1.165) is 44.3 Å². The van der Waals surface area contributed by atoms with Gasteiger partial charge in [-0.05, 0) is 60.6 Å². The minimum atomic E-state index is -0.693. The first-order valence-corrected chi connectivity index (χ1v) is 12.6. The Morgan fingerprint density at radius 3 is 2.84 bits per heavy atom. The minimum absolute atomic E-state index is 0.0472. The minimum Gasteiger partial charge on any atom is -0.481 e. The van der Waals surface area contributed by atoms with Gasteiger partial charge in [0.1, 0.15) is 0 Å². The molecule has 2 aliphatic heterocycles. The molecule has 1 amide bonds. The van der Waals surface area contributed by atoms with Crippen molar-refractivity contribution < 1.29 is 14.7 Å².